The molecule has 24 heavy (non-hydrogen) atoms. The Balaban J connectivity index is 3.85. The van der Waals surface area contributed by atoms with E-state index >= 15 is 0 Å². The third kappa shape index (κ3) is 15.0. The van der Waals surface area contributed by atoms with Gasteiger partial charge in [-0.2, -0.15) is 0 Å². The largest absolute Gasteiger partial charge is 0.388 e. The second-order valence-electron chi connectivity index (χ2n) is 6.02. The van der Waals surface area contributed by atoms with Crippen molar-refractivity contribution in [3.05, 3.63) is 60.8 Å². The van der Waals surface area contributed by atoms with Crippen LogP contribution >= 0.6 is 0 Å². The summed E-state index contributed by atoms with van der Waals surface area (Å²) in [6, 6.07) is 0. The van der Waals surface area contributed by atoms with Gasteiger partial charge in [0.2, 0.25) is 5.91 Å². The average Bonchev–Trinajstić information content (AvgIpc) is 2.56. The molecule has 1 amide bonds. The fraction of sp³-hybridized carbons (Fsp3) is 0.476. The Bertz CT molecular complexity index is 468. The zero-order chi connectivity index (χ0) is 18.1. The molecule has 0 saturated carbocycles. The molecule has 0 rings (SSSR count). The summed E-state index contributed by atoms with van der Waals surface area (Å²) in [5.74, 6) is -0.148. The van der Waals surface area contributed by atoms with Crippen molar-refractivity contribution in [2.45, 2.75) is 58.5 Å². The maximum Gasteiger partial charge on any atom is 0.243 e. The number of aliphatic hydroxyl groups is 1. The van der Waals surface area contributed by atoms with Crippen LogP contribution in [0, 0.1) is 0 Å². The maximum atomic E-state index is 11.7. The zero-order valence-corrected chi connectivity index (χ0v) is 15.4. The van der Waals surface area contributed by atoms with Gasteiger partial charge in [0.25, 0.3) is 0 Å². The number of hydrogen-bond donors (Lipinski definition) is 2. The first kappa shape index (κ1) is 22.1. The third-order valence-electron chi connectivity index (χ3n) is 3.37. The smallest absolute Gasteiger partial charge is 0.243 e. The minimum atomic E-state index is -0.823. The van der Waals surface area contributed by atoms with Crippen LogP contribution in [0.2, 0.25) is 0 Å². The number of rotatable bonds is 12. The van der Waals surface area contributed by atoms with Crippen LogP contribution in [0.4, 0.5) is 0 Å². The quantitative estimate of drug-likeness (QED) is 0.311. The van der Waals surface area contributed by atoms with Crippen LogP contribution < -0.4 is 5.32 Å². The first-order valence-corrected chi connectivity index (χ1v) is 8.79. The van der Waals surface area contributed by atoms with E-state index < -0.39 is 5.60 Å². The van der Waals surface area contributed by atoms with Crippen molar-refractivity contribution < 1.29 is 9.90 Å². The van der Waals surface area contributed by atoms with Crippen molar-refractivity contribution >= 4 is 5.91 Å². The zero-order valence-electron chi connectivity index (χ0n) is 15.4. The highest BCUT2D eigenvalue weighted by molar-refractivity contribution is 5.87. The predicted octanol–water partition coefficient (Wildman–Crippen LogP) is 4.62. The Morgan fingerprint density at radius 3 is 2.33 bits per heavy atom. The Kier molecular flexibility index (Phi) is 13.6. The Labute approximate surface area is 147 Å². The van der Waals surface area contributed by atoms with Crippen LogP contribution in [0.25, 0.3) is 0 Å². The van der Waals surface area contributed by atoms with Gasteiger partial charge in [-0.3, -0.25) is 4.79 Å². The molecule has 134 valence electrons. The van der Waals surface area contributed by atoms with Crippen molar-refractivity contribution in [3.8, 4) is 0 Å². The molecule has 0 aromatic rings. The molecule has 0 fully saturated rings. The average molecular weight is 332 g/mol. The first-order chi connectivity index (χ1) is 11.5. The number of amides is 1. The highest BCUT2D eigenvalue weighted by atomic mass is 16.3. The molecule has 0 aromatic carbocycles. The highest BCUT2D eigenvalue weighted by Gasteiger charge is 2.19. The summed E-state index contributed by atoms with van der Waals surface area (Å²) in [6.07, 6.45) is 23.8. The number of allylic oxidation sites excluding steroid dienone is 9. The number of hydrogen-bond acceptors (Lipinski definition) is 2. The SMILES string of the molecule is CC=CC=CC=CC=CCCC=CC(=O)NCC(C)(O)CCCC. The first-order valence-electron chi connectivity index (χ1n) is 8.79. The summed E-state index contributed by atoms with van der Waals surface area (Å²) in [5.41, 5.74) is -0.823. The van der Waals surface area contributed by atoms with E-state index in [2.05, 4.69) is 18.3 Å². The molecular weight excluding hydrogens is 298 g/mol. The summed E-state index contributed by atoms with van der Waals surface area (Å²) < 4.78 is 0. The van der Waals surface area contributed by atoms with Gasteiger partial charge in [-0.1, -0.05) is 74.4 Å². The summed E-state index contributed by atoms with van der Waals surface area (Å²) in [4.78, 5) is 11.7. The Hall–Kier alpha value is -1.87. The standard InChI is InChI=1S/C21H33NO2/c1-4-6-8-9-10-11-12-13-14-15-16-17-20(23)22-19-21(3,24)18-7-5-2/h4,6,8-13,16-17,24H,5,7,14-15,18-19H2,1-3H3,(H,22,23). The van der Waals surface area contributed by atoms with Crippen molar-refractivity contribution in [1.29, 1.82) is 0 Å². The van der Waals surface area contributed by atoms with Crippen molar-refractivity contribution in [1.82, 2.24) is 5.32 Å². The van der Waals surface area contributed by atoms with Gasteiger partial charge >= 0.3 is 0 Å². The molecule has 0 aliphatic carbocycles. The summed E-state index contributed by atoms with van der Waals surface area (Å²) in [6.45, 7) is 6.12. The second-order valence-corrected chi connectivity index (χ2v) is 6.02. The molecule has 0 spiro atoms. The van der Waals surface area contributed by atoms with Crippen LogP contribution in [0.15, 0.2) is 60.8 Å². The topological polar surface area (TPSA) is 49.3 Å². The van der Waals surface area contributed by atoms with E-state index in [1.807, 2.05) is 55.5 Å². The molecule has 3 nitrogen and oxygen atoms in total. The summed E-state index contributed by atoms with van der Waals surface area (Å²) in [7, 11) is 0. The third-order valence-corrected chi connectivity index (χ3v) is 3.37. The van der Waals surface area contributed by atoms with Crippen LogP contribution in [-0.4, -0.2) is 23.2 Å². The molecule has 0 bridgehead atoms. The Morgan fingerprint density at radius 2 is 1.67 bits per heavy atom. The summed E-state index contributed by atoms with van der Waals surface area (Å²) >= 11 is 0. The lowest BCUT2D eigenvalue weighted by molar-refractivity contribution is -0.117. The number of unbranched alkanes of at least 4 members (excludes halogenated alkanes) is 2. The lowest BCUT2D eigenvalue weighted by Crippen LogP contribution is -2.39. The minimum Gasteiger partial charge on any atom is -0.388 e. The second kappa shape index (κ2) is 14.7. The van der Waals surface area contributed by atoms with E-state index in [0.717, 1.165) is 25.7 Å². The monoisotopic (exact) mass is 331 g/mol. The van der Waals surface area contributed by atoms with Gasteiger partial charge < -0.3 is 10.4 Å². The number of carbonyl (C=O) groups is 1. The molecule has 0 radical (unpaired) electrons. The molecule has 0 aliphatic rings. The van der Waals surface area contributed by atoms with Gasteiger partial charge in [-0.05, 0) is 39.2 Å². The summed E-state index contributed by atoms with van der Waals surface area (Å²) in [5, 5.41) is 12.8. The van der Waals surface area contributed by atoms with E-state index in [9.17, 15) is 9.90 Å². The van der Waals surface area contributed by atoms with Crippen molar-refractivity contribution in [2.24, 2.45) is 0 Å². The number of nitrogens with one attached hydrogen (secondary N) is 1. The molecule has 1 unspecified atom stereocenters. The predicted molar refractivity (Wildman–Crippen MR) is 104 cm³/mol. The van der Waals surface area contributed by atoms with Crippen molar-refractivity contribution in [3.63, 3.8) is 0 Å². The van der Waals surface area contributed by atoms with Crippen LogP contribution in [0.1, 0.15) is 52.9 Å². The van der Waals surface area contributed by atoms with E-state index in [4.69, 9.17) is 0 Å². The van der Waals surface area contributed by atoms with Crippen molar-refractivity contribution in [2.75, 3.05) is 6.54 Å². The lowest BCUT2D eigenvalue weighted by Gasteiger charge is -2.22. The normalized spacial score (nSPS) is 15.3. The molecule has 0 aromatic heterocycles. The van der Waals surface area contributed by atoms with Gasteiger partial charge in [0, 0.05) is 6.54 Å². The van der Waals surface area contributed by atoms with Gasteiger partial charge in [-0.15, -0.1) is 0 Å². The van der Waals surface area contributed by atoms with Gasteiger partial charge in [0.05, 0.1) is 5.60 Å². The maximum absolute atomic E-state index is 11.7. The lowest BCUT2D eigenvalue weighted by atomic mass is 9.99. The molecule has 1 atom stereocenters. The molecular formula is C21H33NO2. The molecule has 0 saturated heterocycles. The van der Waals surface area contributed by atoms with Gasteiger partial charge in [0.15, 0.2) is 0 Å². The van der Waals surface area contributed by atoms with E-state index in [1.54, 1.807) is 13.0 Å². The van der Waals surface area contributed by atoms with Gasteiger partial charge in [0.1, 0.15) is 0 Å². The van der Waals surface area contributed by atoms with Gasteiger partial charge in [-0.25, -0.2) is 0 Å². The highest BCUT2D eigenvalue weighted by Crippen LogP contribution is 2.12. The van der Waals surface area contributed by atoms with Crippen LogP contribution in [-0.2, 0) is 4.79 Å². The molecule has 0 aliphatic heterocycles. The molecule has 0 heterocycles. The van der Waals surface area contributed by atoms with Crippen LogP contribution in [0.5, 0.6) is 0 Å². The fourth-order valence-corrected chi connectivity index (χ4v) is 1.91. The fourth-order valence-electron chi connectivity index (χ4n) is 1.91. The molecule has 3 heteroatoms. The van der Waals surface area contributed by atoms with E-state index in [-0.39, 0.29) is 5.91 Å². The van der Waals surface area contributed by atoms with E-state index in [0.29, 0.717) is 13.0 Å². The van der Waals surface area contributed by atoms with Crippen LogP contribution in [0.3, 0.4) is 0 Å². The van der Waals surface area contributed by atoms with E-state index in [1.165, 1.54) is 0 Å². The number of carbonyl (C=O) groups excluding carboxylic acids is 1. The molecule has 2 N–H and O–H groups in total. The minimum absolute atomic E-state index is 0.148. The Morgan fingerprint density at radius 1 is 1.04 bits per heavy atom.